The maximum atomic E-state index is 3.86. The van der Waals surface area contributed by atoms with E-state index in [1.165, 1.54) is 49.9 Å². The number of nitrogens with one attached hydrogen (secondary N) is 1. The van der Waals surface area contributed by atoms with E-state index in [2.05, 4.69) is 48.3 Å². The van der Waals surface area contributed by atoms with Crippen LogP contribution in [0.1, 0.15) is 49.8 Å². The molecule has 2 nitrogen and oxygen atoms in total. The first-order valence-corrected chi connectivity index (χ1v) is 7.79. The zero-order valence-electron chi connectivity index (χ0n) is 12.2. The Morgan fingerprint density at radius 2 is 2.05 bits per heavy atom. The van der Waals surface area contributed by atoms with Gasteiger partial charge in [-0.05, 0) is 63.7 Å². The highest BCUT2D eigenvalue weighted by Crippen LogP contribution is 2.28. The van der Waals surface area contributed by atoms with Gasteiger partial charge in [-0.1, -0.05) is 24.3 Å². The van der Waals surface area contributed by atoms with Crippen molar-refractivity contribution in [3.8, 4) is 0 Å². The second-order valence-corrected chi connectivity index (χ2v) is 6.30. The molecule has 1 aromatic rings. The van der Waals surface area contributed by atoms with Crippen molar-refractivity contribution in [3.05, 3.63) is 35.4 Å². The highest BCUT2D eigenvalue weighted by molar-refractivity contribution is 5.28. The second kappa shape index (κ2) is 5.64. The molecule has 2 unspecified atom stereocenters. The van der Waals surface area contributed by atoms with Crippen LogP contribution in [-0.2, 0) is 0 Å². The Morgan fingerprint density at radius 3 is 2.89 bits per heavy atom. The maximum Gasteiger partial charge on any atom is 0.0296 e. The topological polar surface area (TPSA) is 15.3 Å². The number of fused-ring (bicyclic) bond motifs is 1. The van der Waals surface area contributed by atoms with Gasteiger partial charge in [0.25, 0.3) is 0 Å². The van der Waals surface area contributed by atoms with Crippen molar-refractivity contribution in [2.75, 3.05) is 13.1 Å². The fourth-order valence-corrected chi connectivity index (χ4v) is 3.89. The lowest BCUT2D eigenvalue weighted by Crippen LogP contribution is -2.46. The highest BCUT2D eigenvalue weighted by atomic mass is 15.2. The Hall–Kier alpha value is -0.860. The third-order valence-corrected chi connectivity index (χ3v) is 4.96. The van der Waals surface area contributed by atoms with Crippen molar-refractivity contribution >= 4 is 0 Å². The molecular formula is C17H26N2. The van der Waals surface area contributed by atoms with Gasteiger partial charge in [-0.2, -0.15) is 0 Å². The summed E-state index contributed by atoms with van der Waals surface area (Å²) in [7, 11) is 0. The molecule has 0 radical (unpaired) electrons. The molecule has 3 rings (SSSR count). The highest BCUT2D eigenvalue weighted by Gasteiger charge is 2.32. The summed E-state index contributed by atoms with van der Waals surface area (Å²) in [5.41, 5.74) is 2.86. The first-order chi connectivity index (χ1) is 9.24. The first kappa shape index (κ1) is 13.1. The molecule has 2 aliphatic heterocycles. The summed E-state index contributed by atoms with van der Waals surface area (Å²) in [6, 6.07) is 10.8. The zero-order chi connectivity index (χ0) is 13.2. The van der Waals surface area contributed by atoms with Gasteiger partial charge < -0.3 is 10.2 Å². The van der Waals surface area contributed by atoms with E-state index < -0.39 is 0 Å². The molecule has 0 bridgehead atoms. The van der Waals surface area contributed by atoms with Crippen LogP contribution in [0.5, 0.6) is 0 Å². The second-order valence-electron chi connectivity index (χ2n) is 6.30. The minimum absolute atomic E-state index is 0.471. The van der Waals surface area contributed by atoms with Gasteiger partial charge in [0.05, 0.1) is 0 Å². The normalized spacial score (nSPS) is 29.2. The van der Waals surface area contributed by atoms with Crippen LogP contribution in [0, 0.1) is 6.92 Å². The van der Waals surface area contributed by atoms with E-state index in [4.69, 9.17) is 0 Å². The zero-order valence-corrected chi connectivity index (χ0v) is 12.2. The fourth-order valence-electron chi connectivity index (χ4n) is 3.89. The molecule has 3 atom stereocenters. The summed E-state index contributed by atoms with van der Waals surface area (Å²) >= 11 is 0. The molecule has 1 N–H and O–H groups in total. The lowest BCUT2D eigenvalue weighted by Gasteiger charge is -2.36. The molecule has 19 heavy (non-hydrogen) atoms. The van der Waals surface area contributed by atoms with Gasteiger partial charge in [0.2, 0.25) is 0 Å². The van der Waals surface area contributed by atoms with Gasteiger partial charge in [-0.3, -0.25) is 0 Å². The molecule has 104 valence electrons. The Labute approximate surface area is 117 Å². The van der Waals surface area contributed by atoms with Crippen molar-refractivity contribution in [1.82, 2.24) is 10.2 Å². The summed E-state index contributed by atoms with van der Waals surface area (Å²) in [6.45, 7) is 7.16. The van der Waals surface area contributed by atoms with E-state index in [0.717, 1.165) is 6.04 Å². The first-order valence-electron chi connectivity index (χ1n) is 7.79. The number of aryl methyl sites for hydroxylation is 1. The van der Waals surface area contributed by atoms with Crippen LogP contribution in [0.2, 0.25) is 0 Å². The number of nitrogens with zero attached hydrogens (tertiary/aromatic N) is 1. The van der Waals surface area contributed by atoms with Crippen LogP contribution in [0.15, 0.2) is 24.3 Å². The molecule has 2 heteroatoms. The summed E-state index contributed by atoms with van der Waals surface area (Å²) in [5.74, 6) is 0. The molecular weight excluding hydrogens is 232 g/mol. The van der Waals surface area contributed by atoms with E-state index >= 15 is 0 Å². The predicted octanol–water partition coefficient (Wildman–Crippen LogP) is 3.27. The maximum absolute atomic E-state index is 3.86. The number of piperidine rings is 1. The van der Waals surface area contributed by atoms with Crippen LogP contribution in [0.25, 0.3) is 0 Å². The average molecular weight is 258 g/mol. The van der Waals surface area contributed by atoms with Gasteiger partial charge >= 0.3 is 0 Å². The third kappa shape index (κ3) is 2.85. The lowest BCUT2D eigenvalue weighted by atomic mass is 9.95. The van der Waals surface area contributed by atoms with Crippen LogP contribution in [0.3, 0.4) is 0 Å². The number of hydrogen-bond donors (Lipinski definition) is 1. The average Bonchev–Trinajstić information content (AvgIpc) is 2.86. The van der Waals surface area contributed by atoms with Crippen LogP contribution >= 0.6 is 0 Å². The monoisotopic (exact) mass is 258 g/mol. The summed E-state index contributed by atoms with van der Waals surface area (Å²) in [5, 5.41) is 3.86. The smallest absolute Gasteiger partial charge is 0.0296 e. The SMILES string of the molecule is Cc1ccccc1[C@H](C)NC1CCN2CCCC2C1. The molecule has 0 saturated carbocycles. The third-order valence-electron chi connectivity index (χ3n) is 4.96. The molecule has 2 saturated heterocycles. The lowest BCUT2D eigenvalue weighted by molar-refractivity contribution is 0.162. The number of rotatable bonds is 3. The van der Waals surface area contributed by atoms with Crippen LogP contribution in [-0.4, -0.2) is 30.1 Å². The molecule has 0 spiro atoms. The quantitative estimate of drug-likeness (QED) is 0.895. The molecule has 0 amide bonds. The van der Waals surface area contributed by atoms with Crippen molar-refractivity contribution < 1.29 is 0 Å². The Kier molecular flexibility index (Phi) is 3.90. The Bertz CT molecular complexity index is 429. The molecule has 2 heterocycles. The standard InChI is InChI=1S/C17H26N2/c1-13-6-3-4-8-17(13)14(2)18-15-9-11-19-10-5-7-16(19)12-15/h3-4,6,8,14-16,18H,5,7,9-12H2,1-2H3/t14-,15?,16?/m0/s1. The number of benzene rings is 1. The molecule has 0 aliphatic carbocycles. The van der Waals surface area contributed by atoms with Crippen molar-refractivity contribution in [2.24, 2.45) is 0 Å². The van der Waals surface area contributed by atoms with Gasteiger partial charge in [0, 0.05) is 18.1 Å². The van der Waals surface area contributed by atoms with E-state index in [9.17, 15) is 0 Å². The van der Waals surface area contributed by atoms with Crippen LogP contribution in [0.4, 0.5) is 0 Å². The Morgan fingerprint density at radius 1 is 1.21 bits per heavy atom. The van der Waals surface area contributed by atoms with Gasteiger partial charge in [-0.15, -0.1) is 0 Å². The van der Waals surface area contributed by atoms with Crippen molar-refractivity contribution in [2.45, 2.75) is 57.7 Å². The van der Waals surface area contributed by atoms with Gasteiger partial charge in [0.1, 0.15) is 0 Å². The van der Waals surface area contributed by atoms with Crippen molar-refractivity contribution in [3.63, 3.8) is 0 Å². The minimum Gasteiger partial charge on any atom is -0.307 e. The van der Waals surface area contributed by atoms with E-state index in [-0.39, 0.29) is 0 Å². The van der Waals surface area contributed by atoms with Gasteiger partial charge in [-0.25, -0.2) is 0 Å². The van der Waals surface area contributed by atoms with E-state index in [1.807, 2.05) is 0 Å². The summed E-state index contributed by atoms with van der Waals surface area (Å²) in [6.07, 6.45) is 5.48. The number of hydrogen-bond acceptors (Lipinski definition) is 2. The fraction of sp³-hybridized carbons (Fsp3) is 0.647. The molecule has 2 aliphatic rings. The van der Waals surface area contributed by atoms with E-state index in [1.54, 1.807) is 0 Å². The largest absolute Gasteiger partial charge is 0.307 e. The van der Waals surface area contributed by atoms with E-state index in [0.29, 0.717) is 12.1 Å². The summed E-state index contributed by atoms with van der Waals surface area (Å²) < 4.78 is 0. The Balaban J connectivity index is 1.61. The molecule has 0 aromatic heterocycles. The predicted molar refractivity (Wildman–Crippen MR) is 80.3 cm³/mol. The molecule has 1 aromatic carbocycles. The summed E-state index contributed by atoms with van der Waals surface area (Å²) in [4.78, 5) is 2.69. The minimum atomic E-state index is 0.471. The van der Waals surface area contributed by atoms with Crippen molar-refractivity contribution in [1.29, 1.82) is 0 Å². The van der Waals surface area contributed by atoms with Gasteiger partial charge in [0.15, 0.2) is 0 Å². The van der Waals surface area contributed by atoms with Crippen LogP contribution < -0.4 is 5.32 Å². The molecule has 2 fully saturated rings.